The quantitative estimate of drug-likeness (QED) is 0.688. The smallest absolute Gasteiger partial charge is 0.0492 e. The fourth-order valence-corrected chi connectivity index (χ4v) is 3.73. The summed E-state index contributed by atoms with van der Waals surface area (Å²) in [6.45, 7) is 18.1. The Balaban J connectivity index is 0.000000193. The van der Waals surface area contributed by atoms with Gasteiger partial charge in [-0.15, -0.1) is 0 Å². The van der Waals surface area contributed by atoms with Crippen LogP contribution in [0.15, 0.2) is 0 Å². The van der Waals surface area contributed by atoms with Gasteiger partial charge in [0.2, 0.25) is 0 Å². The second-order valence-electron chi connectivity index (χ2n) is 9.05. The Morgan fingerprint density at radius 3 is 1.52 bits per heavy atom. The summed E-state index contributed by atoms with van der Waals surface area (Å²) < 4.78 is 10.3. The van der Waals surface area contributed by atoms with Gasteiger partial charge in [0, 0.05) is 26.4 Å². The van der Waals surface area contributed by atoms with Crippen LogP contribution >= 0.6 is 0 Å². The standard InChI is InChI=1S/C9H19N.C8H16O.C5H10O/c1-8(2)9-4-6-10(3)7-5-9;1-7(2)8-3-5-9-6-4-8;1-5-2-3-6-4-5/h8-9H,4-7H2,1-3H3;7-8H,3-6H2,1-2H3;5H,2-4H2,1H3. The van der Waals surface area contributed by atoms with E-state index >= 15 is 0 Å². The molecule has 3 fully saturated rings. The van der Waals surface area contributed by atoms with Crippen LogP contribution in [0.25, 0.3) is 0 Å². The van der Waals surface area contributed by atoms with E-state index in [2.05, 4.69) is 46.6 Å². The van der Waals surface area contributed by atoms with Gasteiger partial charge in [0.1, 0.15) is 0 Å². The Morgan fingerprint density at radius 2 is 1.20 bits per heavy atom. The molecule has 3 aliphatic rings. The molecule has 3 heterocycles. The SMILES string of the molecule is CC(C)C1CCN(C)CC1.CC(C)C1CCOCC1.CC1CCOC1. The molecule has 0 saturated carbocycles. The average molecular weight is 356 g/mol. The molecule has 3 rings (SSSR count). The van der Waals surface area contributed by atoms with Gasteiger partial charge in [0.25, 0.3) is 0 Å². The number of piperidine rings is 1. The molecule has 0 spiro atoms. The largest absolute Gasteiger partial charge is 0.381 e. The number of nitrogens with zero attached hydrogens (tertiary/aromatic N) is 1. The summed E-state index contributed by atoms with van der Waals surface area (Å²) in [6, 6.07) is 0. The minimum atomic E-state index is 0.824. The Morgan fingerprint density at radius 1 is 0.720 bits per heavy atom. The van der Waals surface area contributed by atoms with Crippen molar-refractivity contribution in [2.75, 3.05) is 46.6 Å². The summed E-state index contributed by atoms with van der Waals surface area (Å²) in [5.74, 6) is 4.50. The van der Waals surface area contributed by atoms with Crippen LogP contribution in [-0.4, -0.2) is 51.5 Å². The molecule has 3 nitrogen and oxygen atoms in total. The van der Waals surface area contributed by atoms with E-state index in [1.807, 2.05) is 0 Å². The van der Waals surface area contributed by atoms with Crippen molar-refractivity contribution in [3.05, 3.63) is 0 Å². The van der Waals surface area contributed by atoms with E-state index in [1.165, 1.54) is 45.2 Å². The van der Waals surface area contributed by atoms with Gasteiger partial charge in [-0.2, -0.15) is 0 Å². The number of hydrogen-bond acceptors (Lipinski definition) is 3. The zero-order chi connectivity index (χ0) is 18.7. The Kier molecular flexibility index (Phi) is 12.0. The van der Waals surface area contributed by atoms with Gasteiger partial charge in [-0.1, -0.05) is 34.6 Å². The predicted octanol–water partition coefficient (Wildman–Crippen LogP) is 5.10. The predicted molar refractivity (Wildman–Crippen MR) is 108 cm³/mol. The van der Waals surface area contributed by atoms with Crippen LogP contribution in [0, 0.1) is 29.6 Å². The minimum Gasteiger partial charge on any atom is -0.381 e. The van der Waals surface area contributed by atoms with Crippen LogP contribution in [0.4, 0.5) is 0 Å². The second-order valence-corrected chi connectivity index (χ2v) is 9.05. The summed E-state index contributed by atoms with van der Waals surface area (Å²) in [5, 5.41) is 0. The number of hydrogen-bond donors (Lipinski definition) is 0. The molecule has 150 valence electrons. The summed E-state index contributed by atoms with van der Waals surface area (Å²) in [5.41, 5.74) is 0. The summed E-state index contributed by atoms with van der Waals surface area (Å²) in [6.07, 6.45) is 6.64. The normalized spacial score (nSPS) is 26.2. The van der Waals surface area contributed by atoms with Crippen LogP contribution in [-0.2, 0) is 9.47 Å². The molecule has 0 bridgehead atoms. The number of ether oxygens (including phenoxy) is 2. The van der Waals surface area contributed by atoms with Gasteiger partial charge in [-0.05, 0) is 81.8 Å². The molecular weight excluding hydrogens is 310 g/mol. The van der Waals surface area contributed by atoms with Gasteiger partial charge in [0.15, 0.2) is 0 Å². The van der Waals surface area contributed by atoms with Gasteiger partial charge in [-0.25, -0.2) is 0 Å². The van der Waals surface area contributed by atoms with E-state index in [1.54, 1.807) is 0 Å². The van der Waals surface area contributed by atoms with E-state index < -0.39 is 0 Å². The van der Waals surface area contributed by atoms with E-state index in [9.17, 15) is 0 Å². The summed E-state index contributed by atoms with van der Waals surface area (Å²) in [4.78, 5) is 2.43. The molecule has 0 aliphatic carbocycles. The zero-order valence-electron chi connectivity index (χ0n) is 17.9. The van der Waals surface area contributed by atoms with E-state index in [-0.39, 0.29) is 0 Å². The molecule has 25 heavy (non-hydrogen) atoms. The molecule has 1 unspecified atom stereocenters. The molecule has 0 radical (unpaired) electrons. The van der Waals surface area contributed by atoms with Gasteiger partial charge < -0.3 is 14.4 Å². The lowest BCUT2D eigenvalue weighted by Crippen LogP contribution is -2.32. The minimum absolute atomic E-state index is 0.824. The molecule has 3 heteroatoms. The third-order valence-electron chi connectivity index (χ3n) is 6.07. The molecule has 3 saturated heterocycles. The highest BCUT2D eigenvalue weighted by molar-refractivity contribution is 4.71. The van der Waals surface area contributed by atoms with Crippen molar-refractivity contribution in [2.45, 2.75) is 66.7 Å². The summed E-state index contributed by atoms with van der Waals surface area (Å²) in [7, 11) is 2.22. The molecular formula is C22H45NO2. The van der Waals surface area contributed by atoms with Crippen molar-refractivity contribution in [3.8, 4) is 0 Å². The Bertz CT molecular complexity index is 299. The lowest BCUT2D eigenvalue weighted by Gasteiger charge is -2.31. The first-order chi connectivity index (χ1) is 11.9. The lowest BCUT2D eigenvalue weighted by molar-refractivity contribution is 0.0523. The molecule has 0 N–H and O–H groups in total. The van der Waals surface area contributed by atoms with Crippen molar-refractivity contribution in [1.82, 2.24) is 4.90 Å². The highest BCUT2D eigenvalue weighted by Gasteiger charge is 2.18. The first-order valence-corrected chi connectivity index (χ1v) is 10.7. The van der Waals surface area contributed by atoms with Crippen LogP contribution in [0.5, 0.6) is 0 Å². The number of likely N-dealkylation sites (tertiary alicyclic amines) is 1. The third-order valence-corrected chi connectivity index (χ3v) is 6.07. The molecule has 1 atom stereocenters. The maximum absolute atomic E-state index is 5.25. The topological polar surface area (TPSA) is 21.7 Å². The highest BCUT2D eigenvalue weighted by Crippen LogP contribution is 2.23. The van der Waals surface area contributed by atoms with E-state index in [0.29, 0.717) is 0 Å². The first kappa shape index (κ1) is 22.9. The molecule has 3 aliphatic heterocycles. The van der Waals surface area contributed by atoms with Crippen LogP contribution in [0.3, 0.4) is 0 Å². The fourth-order valence-electron chi connectivity index (χ4n) is 3.73. The highest BCUT2D eigenvalue weighted by atomic mass is 16.5. The molecule has 0 aromatic carbocycles. The van der Waals surface area contributed by atoms with Crippen molar-refractivity contribution >= 4 is 0 Å². The number of rotatable bonds is 2. The molecule has 0 aromatic heterocycles. The van der Waals surface area contributed by atoms with Gasteiger partial charge >= 0.3 is 0 Å². The Labute approximate surface area is 157 Å². The zero-order valence-corrected chi connectivity index (χ0v) is 17.9. The van der Waals surface area contributed by atoms with Crippen LogP contribution in [0.1, 0.15) is 66.7 Å². The maximum atomic E-state index is 5.25. The van der Waals surface area contributed by atoms with E-state index in [0.717, 1.165) is 56.0 Å². The molecule has 0 aromatic rings. The van der Waals surface area contributed by atoms with Gasteiger partial charge in [-0.3, -0.25) is 0 Å². The second kappa shape index (κ2) is 13.1. The van der Waals surface area contributed by atoms with Crippen LogP contribution < -0.4 is 0 Å². The van der Waals surface area contributed by atoms with Crippen molar-refractivity contribution < 1.29 is 9.47 Å². The lowest BCUT2D eigenvalue weighted by atomic mass is 9.87. The summed E-state index contributed by atoms with van der Waals surface area (Å²) >= 11 is 0. The average Bonchev–Trinajstić information content (AvgIpc) is 3.08. The van der Waals surface area contributed by atoms with E-state index in [4.69, 9.17) is 9.47 Å². The Hall–Kier alpha value is -0.120. The fraction of sp³-hybridized carbons (Fsp3) is 1.00. The van der Waals surface area contributed by atoms with Crippen LogP contribution in [0.2, 0.25) is 0 Å². The van der Waals surface area contributed by atoms with Crippen molar-refractivity contribution in [3.63, 3.8) is 0 Å². The monoisotopic (exact) mass is 355 g/mol. The maximum Gasteiger partial charge on any atom is 0.0492 e. The van der Waals surface area contributed by atoms with Crippen molar-refractivity contribution in [1.29, 1.82) is 0 Å². The third kappa shape index (κ3) is 10.6. The van der Waals surface area contributed by atoms with Gasteiger partial charge in [0.05, 0.1) is 0 Å². The van der Waals surface area contributed by atoms with Crippen molar-refractivity contribution in [2.24, 2.45) is 29.6 Å². The molecule has 0 amide bonds. The first-order valence-electron chi connectivity index (χ1n) is 10.7.